The Labute approximate surface area is 154 Å². The summed E-state index contributed by atoms with van der Waals surface area (Å²) >= 11 is 0. The number of hydrogen-bond donors (Lipinski definition) is 3. The minimum atomic E-state index is -0.794. The molecule has 3 aromatic rings. The van der Waals surface area contributed by atoms with E-state index in [1.165, 1.54) is 12.1 Å². The number of carbonyl (C=O) groups excluding carboxylic acids is 2. The third-order valence-electron chi connectivity index (χ3n) is 4.06. The summed E-state index contributed by atoms with van der Waals surface area (Å²) in [7, 11) is 0. The first kappa shape index (κ1) is 18.5. The van der Waals surface area contributed by atoms with Crippen molar-refractivity contribution < 1.29 is 18.4 Å². The van der Waals surface area contributed by atoms with Gasteiger partial charge in [-0.2, -0.15) is 5.10 Å². The van der Waals surface area contributed by atoms with Gasteiger partial charge in [0, 0.05) is 18.0 Å². The van der Waals surface area contributed by atoms with Gasteiger partial charge in [-0.3, -0.25) is 14.7 Å². The third-order valence-corrected chi connectivity index (χ3v) is 4.06. The van der Waals surface area contributed by atoms with Crippen LogP contribution in [0.1, 0.15) is 23.0 Å². The highest BCUT2D eigenvalue weighted by Gasteiger charge is 2.19. The number of nitrogens with zero attached hydrogens (tertiary/aromatic N) is 1. The summed E-state index contributed by atoms with van der Waals surface area (Å²) in [4.78, 5) is 24.5. The number of benzene rings is 2. The van der Waals surface area contributed by atoms with Gasteiger partial charge in [0.2, 0.25) is 5.91 Å². The molecule has 6 nitrogen and oxygen atoms in total. The van der Waals surface area contributed by atoms with Crippen LogP contribution in [-0.2, 0) is 11.2 Å². The van der Waals surface area contributed by atoms with Crippen LogP contribution in [0.2, 0.25) is 0 Å². The van der Waals surface area contributed by atoms with Crippen LogP contribution in [0.4, 0.5) is 8.78 Å². The van der Waals surface area contributed by atoms with E-state index in [2.05, 4.69) is 20.8 Å². The van der Waals surface area contributed by atoms with E-state index in [-0.39, 0.29) is 18.7 Å². The fourth-order valence-electron chi connectivity index (χ4n) is 2.71. The van der Waals surface area contributed by atoms with Gasteiger partial charge in [0.15, 0.2) is 5.69 Å². The summed E-state index contributed by atoms with van der Waals surface area (Å²) in [6.07, 6.45) is 0.269. The molecular formula is C19H18F2N4O2. The third kappa shape index (κ3) is 4.46. The molecule has 2 aromatic carbocycles. The van der Waals surface area contributed by atoms with Gasteiger partial charge in [0.05, 0.1) is 5.52 Å². The van der Waals surface area contributed by atoms with E-state index < -0.39 is 29.5 Å². The molecule has 1 unspecified atom stereocenters. The molecule has 3 N–H and O–H groups in total. The topological polar surface area (TPSA) is 86.9 Å². The average molecular weight is 372 g/mol. The Hall–Kier alpha value is -3.29. The molecule has 0 aliphatic carbocycles. The van der Waals surface area contributed by atoms with E-state index in [1.54, 1.807) is 25.1 Å². The van der Waals surface area contributed by atoms with Crippen molar-refractivity contribution >= 4 is 22.7 Å². The number of hydrogen-bond acceptors (Lipinski definition) is 3. The normalized spacial score (nSPS) is 12.0. The highest BCUT2D eigenvalue weighted by atomic mass is 19.1. The highest BCUT2D eigenvalue weighted by Crippen LogP contribution is 2.15. The first-order valence-corrected chi connectivity index (χ1v) is 8.40. The molecule has 0 spiro atoms. The molecule has 0 bridgehead atoms. The maximum absolute atomic E-state index is 13.1. The average Bonchev–Trinajstić information content (AvgIpc) is 3.05. The van der Waals surface area contributed by atoms with E-state index in [9.17, 15) is 18.4 Å². The number of H-pyrrole nitrogens is 1. The molecule has 3 rings (SSSR count). The SMILES string of the molecule is CC(NC(=O)c1n[nH]c2ccccc12)C(=O)NCCc1cc(F)cc(F)c1. The first-order valence-electron chi connectivity index (χ1n) is 8.40. The molecule has 0 aliphatic rings. The van der Waals surface area contributed by atoms with Gasteiger partial charge in [0.1, 0.15) is 17.7 Å². The monoisotopic (exact) mass is 372 g/mol. The number of carbonyl (C=O) groups is 2. The van der Waals surface area contributed by atoms with Gasteiger partial charge in [-0.15, -0.1) is 0 Å². The number of aromatic nitrogens is 2. The summed E-state index contributed by atoms with van der Waals surface area (Å²) < 4.78 is 26.3. The lowest BCUT2D eigenvalue weighted by atomic mass is 10.1. The van der Waals surface area contributed by atoms with Crippen molar-refractivity contribution in [2.45, 2.75) is 19.4 Å². The number of aromatic amines is 1. The standard InChI is InChI=1S/C19H18F2N4O2/c1-11(18(26)22-7-6-12-8-13(20)10-14(21)9-12)23-19(27)17-15-4-2-3-5-16(15)24-25-17/h2-5,8-11H,6-7H2,1H3,(H,22,26)(H,23,27)(H,24,25). The Morgan fingerprint density at radius 3 is 2.59 bits per heavy atom. The second kappa shape index (κ2) is 7.94. The molecule has 0 aliphatic heterocycles. The van der Waals surface area contributed by atoms with E-state index >= 15 is 0 Å². The van der Waals surface area contributed by atoms with Crippen molar-refractivity contribution in [2.24, 2.45) is 0 Å². The lowest BCUT2D eigenvalue weighted by Gasteiger charge is -2.13. The summed E-state index contributed by atoms with van der Waals surface area (Å²) in [5.74, 6) is -2.20. The molecule has 1 aromatic heterocycles. The van der Waals surface area contributed by atoms with Crippen molar-refractivity contribution in [1.29, 1.82) is 0 Å². The van der Waals surface area contributed by atoms with Gasteiger partial charge in [-0.25, -0.2) is 8.78 Å². The fraction of sp³-hybridized carbons (Fsp3) is 0.211. The lowest BCUT2D eigenvalue weighted by molar-refractivity contribution is -0.122. The first-order chi connectivity index (χ1) is 12.9. The van der Waals surface area contributed by atoms with Gasteiger partial charge in [-0.05, 0) is 37.1 Å². The number of halogens is 2. The quantitative estimate of drug-likeness (QED) is 0.621. The van der Waals surface area contributed by atoms with Crippen LogP contribution in [0, 0.1) is 11.6 Å². The summed E-state index contributed by atoms with van der Waals surface area (Å²) in [6, 6.07) is 9.59. The van der Waals surface area contributed by atoms with Gasteiger partial charge < -0.3 is 10.6 Å². The van der Waals surface area contributed by atoms with Crippen molar-refractivity contribution in [3.63, 3.8) is 0 Å². The Kier molecular flexibility index (Phi) is 5.44. The number of fused-ring (bicyclic) bond motifs is 1. The lowest BCUT2D eigenvalue weighted by Crippen LogP contribution is -2.45. The molecule has 0 fully saturated rings. The summed E-state index contributed by atoms with van der Waals surface area (Å²) in [5.41, 5.74) is 1.37. The fourth-order valence-corrected chi connectivity index (χ4v) is 2.71. The Balaban J connectivity index is 1.53. The molecule has 140 valence electrons. The second-order valence-corrected chi connectivity index (χ2v) is 6.13. The molecule has 0 radical (unpaired) electrons. The molecule has 27 heavy (non-hydrogen) atoms. The second-order valence-electron chi connectivity index (χ2n) is 6.13. The molecular weight excluding hydrogens is 354 g/mol. The predicted molar refractivity (Wildman–Crippen MR) is 96.1 cm³/mol. The van der Waals surface area contributed by atoms with Crippen molar-refractivity contribution in [3.05, 3.63) is 65.4 Å². The van der Waals surface area contributed by atoms with Crippen molar-refractivity contribution in [1.82, 2.24) is 20.8 Å². The summed E-state index contributed by atoms with van der Waals surface area (Å²) in [6.45, 7) is 1.73. The maximum atomic E-state index is 13.1. The molecule has 1 heterocycles. The zero-order valence-corrected chi connectivity index (χ0v) is 14.6. The van der Waals surface area contributed by atoms with Gasteiger partial charge in [0.25, 0.3) is 5.91 Å². The molecule has 0 saturated carbocycles. The highest BCUT2D eigenvalue weighted by molar-refractivity contribution is 6.05. The largest absolute Gasteiger partial charge is 0.354 e. The Morgan fingerprint density at radius 2 is 1.85 bits per heavy atom. The number of rotatable bonds is 6. The van der Waals surface area contributed by atoms with Crippen LogP contribution >= 0.6 is 0 Å². The van der Waals surface area contributed by atoms with E-state index in [0.717, 1.165) is 11.6 Å². The van der Waals surface area contributed by atoms with E-state index in [4.69, 9.17) is 0 Å². The predicted octanol–water partition coefficient (Wildman–Crippen LogP) is 2.32. The molecule has 1 atom stereocenters. The minimum Gasteiger partial charge on any atom is -0.354 e. The minimum absolute atomic E-state index is 0.188. The van der Waals surface area contributed by atoms with E-state index in [1.807, 2.05) is 6.07 Å². The van der Waals surface area contributed by atoms with Gasteiger partial charge >= 0.3 is 0 Å². The van der Waals surface area contributed by atoms with Crippen LogP contribution in [0.3, 0.4) is 0 Å². The van der Waals surface area contributed by atoms with Crippen LogP contribution in [-0.4, -0.2) is 34.6 Å². The number of nitrogens with one attached hydrogen (secondary N) is 3. The smallest absolute Gasteiger partial charge is 0.273 e. The zero-order valence-electron chi connectivity index (χ0n) is 14.6. The molecule has 0 saturated heterocycles. The van der Waals surface area contributed by atoms with Crippen LogP contribution in [0.15, 0.2) is 42.5 Å². The van der Waals surface area contributed by atoms with Crippen LogP contribution in [0.25, 0.3) is 10.9 Å². The zero-order chi connectivity index (χ0) is 19.4. The Bertz CT molecular complexity index is 967. The van der Waals surface area contributed by atoms with Crippen molar-refractivity contribution in [3.8, 4) is 0 Å². The van der Waals surface area contributed by atoms with E-state index in [0.29, 0.717) is 10.9 Å². The van der Waals surface area contributed by atoms with Crippen LogP contribution < -0.4 is 10.6 Å². The van der Waals surface area contributed by atoms with Crippen molar-refractivity contribution in [2.75, 3.05) is 6.54 Å². The van der Waals surface area contributed by atoms with Gasteiger partial charge in [-0.1, -0.05) is 18.2 Å². The maximum Gasteiger partial charge on any atom is 0.273 e. The Morgan fingerprint density at radius 1 is 1.15 bits per heavy atom. The number of para-hydroxylation sites is 1. The summed E-state index contributed by atoms with van der Waals surface area (Å²) in [5, 5.41) is 12.6. The molecule has 2 amide bonds. The van der Waals surface area contributed by atoms with Crippen LogP contribution in [0.5, 0.6) is 0 Å². The molecule has 8 heteroatoms. The number of amides is 2.